The highest BCUT2D eigenvalue weighted by Gasteiger charge is 2.44. The van der Waals surface area contributed by atoms with Crippen molar-refractivity contribution in [3.8, 4) is 0 Å². The lowest BCUT2D eigenvalue weighted by molar-refractivity contribution is -0.0510. The fourth-order valence-corrected chi connectivity index (χ4v) is 0.0913. The first-order valence-electron chi connectivity index (χ1n) is 2.80. The lowest BCUT2D eigenvalue weighted by atomic mass is 10.8. The summed E-state index contributed by atoms with van der Waals surface area (Å²) in [6, 6.07) is 0. The molecule has 0 spiro atoms. The Kier molecular flexibility index (Phi) is 7.13. The molecular formula is C4H9F3O5S. The summed E-state index contributed by atoms with van der Waals surface area (Å²) in [6.45, 7) is 0.566. The number of alkyl halides is 3. The Balaban J connectivity index is 0. The van der Waals surface area contributed by atoms with Gasteiger partial charge in [-0.2, -0.15) is 21.6 Å². The van der Waals surface area contributed by atoms with Gasteiger partial charge in [0.25, 0.3) is 0 Å². The second kappa shape index (κ2) is 6.13. The van der Waals surface area contributed by atoms with Crippen molar-refractivity contribution in [1.29, 1.82) is 0 Å². The summed E-state index contributed by atoms with van der Waals surface area (Å²) in [7, 11) is -4.29. The molecule has 13 heavy (non-hydrogen) atoms. The van der Waals surface area contributed by atoms with Gasteiger partial charge in [-0.25, -0.2) is 0 Å². The molecule has 0 amide bonds. The fourth-order valence-electron chi connectivity index (χ4n) is 0.0913. The van der Waals surface area contributed by atoms with Gasteiger partial charge in [-0.05, 0) is 0 Å². The van der Waals surface area contributed by atoms with Crippen LogP contribution in [0.3, 0.4) is 0 Å². The summed E-state index contributed by atoms with van der Waals surface area (Å²) in [6.07, 6.45) is 0. The van der Waals surface area contributed by atoms with Crippen molar-refractivity contribution in [2.75, 3.05) is 20.3 Å². The van der Waals surface area contributed by atoms with Crippen LogP contribution in [0.15, 0.2) is 0 Å². The number of rotatable bonds is 2. The second-order valence-corrected chi connectivity index (χ2v) is 3.05. The van der Waals surface area contributed by atoms with Crippen LogP contribution in [0.2, 0.25) is 0 Å². The maximum atomic E-state index is 10.7. The van der Waals surface area contributed by atoms with Crippen molar-refractivity contribution in [2.45, 2.75) is 5.51 Å². The highest BCUT2D eigenvalue weighted by Crippen LogP contribution is 2.20. The number of halogens is 3. The van der Waals surface area contributed by atoms with Gasteiger partial charge in [0.05, 0.1) is 13.2 Å². The molecule has 0 aliphatic heterocycles. The minimum Gasteiger partial charge on any atom is -0.394 e. The van der Waals surface area contributed by atoms with E-state index in [4.69, 9.17) is 18.1 Å². The van der Waals surface area contributed by atoms with Crippen LogP contribution in [-0.4, -0.2) is 43.9 Å². The van der Waals surface area contributed by atoms with E-state index in [0.717, 1.165) is 0 Å². The van der Waals surface area contributed by atoms with E-state index in [1.807, 2.05) is 0 Å². The molecule has 0 unspecified atom stereocenters. The Hall–Kier alpha value is -0.380. The first-order valence-corrected chi connectivity index (χ1v) is 4.24. The SMILES string of the molecule is COCCO.O=S(=O)(O)C(F)(F)F. The molecule has 0 radical (unpaired) electrons. The molecule has 0 saturated heterocycles. The minimum atomic E-state index is -5.84. The van der Waals surface area contributed by atoms with Crippen LogP contribution in [-0.2, 0) is 14.9 Å². The van der Waals surface area contributed by atoms with E-state index >= 15 is 0 Å². The lowest BCUT2D eigenvalue weighted by Gasteiger charge is -1.97. The molecule has 0 rings (SSSR count). The first-order chi connectivity index (χ1) is 5.66. The van der Waals surface area contributed by atoms with Crippen molar-refractivity contribution < 1.29 is 36.0 Å². The summed E-state index contributed by atoms with van der Waals surface area (Å²) in [5, 5.41) is 7.94. The van der Waals surface area contributed by atoms with Gasteiger partial charge in [-0.15, -0.1) is 0 Å². The topological polar surface area (TPSA) is 83.8 Å². The maximum Gasteiger partial charge on any atom is 0.522 e. The first kappa shape index (κ1) is 15.1. The van der Waals surface area contributed by atoms with E-state index in [-0.39, 0.29) is 6.61 Å². The minimum absolute atomic E-state index is 0.122. The Morgan fingerprint density at radius 3 is 1.69 bits per heavy atom. The van der Waals surface area contributed by atoms with Crippen LogP contribution in [0.4, 0.5) is 13.2 Å². The standard InChI is InChI=1S/C3H8O2.CHF3O3S/c1-5-3-2-4;2-1(3,4)8(5,6)7/h4H,2-3H2,1H3;(H,5,6,7). The number of ether oxygens (including phenoxy) is 1. The number of hydrogen-bond donors (Lipinski definition) is 2. The molecule has 0 heterocycles. The van der Waals surface area contributed by atoms with E-state index in [1.54, 1.807) is 7.11 Å². The fraction of sp³-hybridized carbons (Fsp3) is 1.00. The zero-order valence-electron chi connectivity index (χ0n) is 6.58. The molecule has 9 heteroatoms. The molecular weight excluding hydrogens is 217 g/mol. The Morgan fingerprint density at radius 1 is 1.38 bits per heavy atom. The number of aliphatic hydroxyl groups excluding tert-OH is 1. The van der Waals surface area contributed by atoms with Crippen LogP contribution < -0.4 is 0 Å². The smallest absolute Gasteiger partial charge is 0.394 e. The second-order valence-electron chi connectivity index (χ2n) is 1.64. The monoisotopic (exact) mass is 226 g/mol. The van der Waals surface area contributed by atoms with Crippen LogP contribution in [0, 0.1) is 0 Å². The zero-order valence-corrected chi connectivity index (χ0v) is 7.39. The molecule has 0 aromatic rings. The predicted octanol–water partition coefficient (Wildman–Crippen LogP) is 0.0191. The van der Waals surface area contributed by atoms with Crippen molar-refractivity contribution in [3.63, 3.8) is 0 Å². The van der Waals surface area contributed by atoms with Crippen molar-refractivity contribution in [3.05, 3.63) is 0 Å². The van der Waals surface area contributed by atoms with Gasteiger partial charge in [0.2, 0.25) is 0 Å². The molecule has 0 bridgehead atoms. The van der Waals surface area contributed by atoms with Gasteiger partial charge in [0, 0.05) is 7.11 Å². The average molecular weight is 226 g/mol. The summed E-state index contributed by atoms with van der Waals surface area (Å²) in [5.74, 6) is 0. The van der Waals surface area contributed by atoms with Crippen LogP contribution >= 0.6 is 0 Å². The maximum absolute atomic E-state index is 10.7. The highest BCUT2D eigenvalue weighted by molar-refractivity contribution is 7.86. The predicted molar refractivity (Wildman–Crippen MR) is 36.6 cm³/mol. The normalized spacial score (nSPS) is 11.8. The Labute approximate surface area is 72.9 Å². The van der Waals surface area contributed by atoms with Gasteiger partial charge >= 0.3 is 15.6 Å². The van der Waals surface area contributed by atoms with Crippen molar-refractivity contribution in [1.82, 2.24) is 0 Å². The molecule has 0 aromatic heterocycles. The molecule has 2 N–H and O–H groups in total. The molecule has 82 valence electrons. The molecule has 0 saturated carbocycles. The lowest BCUT2D eigenvalue weighted by Crippen LogP contribution is -2.21. The summed E-state index contributed by atoms with van der Waals surface area (Å²) in [4.78, 5) is 0. The van der Waals surface area contributed by atoms with E-state index in [2.05, 4.69) is 4.74 Å². The van der Waals surface area contributed by atoms with Gasteiger partial charge < -0.3 is 9.84 Å². The van der Waals surface area contributed by atoms with Gasteiger partial charge in [0.1, 0.15) is 0 Å². The Bertz CT molecular complexity index is 206. The van der Waals surface area contributed by atoms with Gasteiger partial charge in [-0.1, -0.05) is 0 Å². The molecule has 0 atom stereocenters. The van der Waals surface area contributed by atoms with Crippen molar-refractivity contribution in [2.24, 2.45) is 0 Å². The number of hydrogen-bond acceptors (Lipinski definition) is 4. The van der Waals surface area contributed by atoms with Gasteiger partial charge in [0.15, 0.2) is 0 Å². The largest absolute Gasteiger partial charge is 0.522 e. The zero-order chi connectivity index (χ0) is 11.1. The highest BCUT2D eigenvalue weighted by atomic mass is 32.2. The molecule has 5 nitrogen and oxygen atoms in total. The van der Waals surface area contributed by atoms with Crippen LogP contribution in [0.1, 0.15) is 0 Å². The third-order valence-electron chi connectivity index (χ3n) is 0.588. The average Bonchev–Trinajstić information content (AvgIpc) is 1.85. The van der Waals surface area contributed by atoms with E-state index in [9.17, 15) is 13.2 Å². The van der Waals surface area contributed by atoms with Crippen LogP contribution in [0.25, 0.3) is 0 Å². The van der Waals surface area contributed by atoms with E-state index in [0.29, 0.717) is 6.61 Å². The molecule has 0 aliphatic rings. The van der Waals surface area contributed by atoms with E-state index in [1.165, 1.54) is 0 Å². The summed E-state index contributed by atoms with van der Waals surface area (Å²) < 4.78 is 62.0. The Morgan fingerprint density at radius 2 is 1.69 bits per heavy atom. The van der Waals surface area contributed by atoms with E-state index < -0.39 is 15.6 Å². The summed E-state index contributed by atoms with van der Waals surface area (Å²) in [5.41, 5.74) is -5.53. The van der Waals surface area contributed by atoms with Crippen molar-refractivity contribution >= 4 is 10.1 Å². The molecule has 0 aromatic carbocycles. The molecule has 0 fully saturated rings. The summed E-state index contributed by atoms with van der Waals surface area (Å²) >= 11 is 0. The van der Waals surface area contributed by atoms with Crippen LogP contribution in [0.5, 0.6) is 0 Å². The third-order valence-corrected chi connectivity index (χ3v) is 1.17. The number of aliphatic hydroxyl groups is 1. The molecule has 0 aliphatic carbocycles. The quantitative estimate of drug-likeness (QED) is 0.512. The van der Waals surface area contributed by atoms with Gasteiger partial charge in [-0.3, -0.25) is 4.55 Å². The number of methoxy groups -OCH3 is 1. The third kappa shape index (κ3) is 9.53.